The van der Waals surface area contributed by atoms with Gasteiger partial charge in [0.15, 0.2) is 11.6 Å². The summed E-state index contributed by atoms with van der Waals surface area (Å²) in [5.41, 5.74) is 0.511. The quantitative estimate of drug-likeness (QED) is 0.653. The van der Waals surface area contributed by atoms with Crippen LogP contribution >= 0.6 is 0 Å². The van der Waals surface area contributed by atoms with Gasteiger partial charge in [-0.25, -0.2) is 9.37 Å². The molecule has 0 radical (unpaired) electrons. The highest BCUT2D eigenvalue weighted by Crippen LogP contribution is 2.23. The Hall–Kier alpha value is -2.70. The number of nitrogens with one attached hydrogen (secondary N) is 1. The summed E-state index contributed by atoms with van der Waals surface area (Å²) in [5, 5.41) is 13.6. The third-order valence-corrected chi connectivity index (χ3v) is 2.70. The molecule has 110 valence electrons. The molecule has 0 saturated heterocycles. The van der Waals surface area contributed by atoms with E-state index in [0.29, 0.717) is 5.82 Å². The van der Waals surface area contributed by atoms with Crippen molar-refractivity contribution >= 4 is 11.5 Å². The number of non-ortho nitro benzene ring substituents is 1. The zero-order chi connectivity index (χ0) is 15.2. The fraction of sp³-hybridized carbons (Fsp3) is 0.214. The number of rotatable bonds is 6. The second-order valence-corrected chi connectivity index (χ2v) is 4.24. The number of benzene rings is 1. The van der Waals surface area contributed by atoms with Gasteiger partial charge in [0.25, 0.3) is 5.69 Å². The number of halogens is 1. The Bertz CT molecular complexity index is 649. The maximum Gasteiger partial charge on any atom is 0.272 e. The van der Waals surface area contributed by atoms with Gasteiger partial charge in [-0.15, -0.1) is 0 Å². The van der Waals surface area contributed by atoms with Crippen LogP contribution < -0.4 is 10.1 Å². The van der Waals surface area contributed by atoms with E-state index in [9.17, 15) is 14.5 Å². The summed E-state index contributed by atoms with van der Waals surface area (Å²) in [6, 6.07) is 6.85. The van der Waals surface area contributed by atoms with Crippen molar-refractivity contribution in [2.45, 2.75) is 13.5 Å². The van der Waals surface area contributed by atoms with Crippen molar-refractivity contribution in [1.82, 2.24) is 4.98 Å². The standard InChI is InChI=1S/C14H14FN3O3/c1-2-16-14-7-10(5-6-17-14)9-21-13-4-3-11(18(19)20)8-12(13)15/h3-8H,2,9H2,1H3,(H,16,17). The van der Waals surface area contributed by atoms with Gasteiger partial charge in [-0.05, 0) is 30.7 Å². The van der Waals surface area contributed by atoms with Crippen LogP contribution in [0.3, 0.4) is 0 Å². The molecule has 0 aliphatic carbocycles. The summed E-state index contributed by atoms with van der Waals surface area (Å²) in [5.74, 6) is -0.0738. The third kappa shape index (κ3) is 3.88. The SMILES string of the molecule is CCNc1cc(COc2ccc([N+](=O)[O-])cc2F)ccn1. The van der Waals surface area contributed by atoms with E-state index in [1.54, 1.807) is 18.3 Å². The fourth-order valence-electron chi connectivity index (χ4n) is 1.72. The van der Waals surface area contributed by atoms with E-state index in [0.717, 1.165) is 18.2 Å². The van der Waals surface area contributed by atoms with Gasteiger partial charge in [0, 0.05) is 18.8 Å². The van der Waals surface area contributed by atoms with Crippen LogP contribution in [-0.2, 0) is 6.61 Å². The molecule has 0 bridgehead atoms. The minimum absolute atomic E-state index is 0.0255. The molecule has 1 N–H and O–H groups in total. The molecule has 7 heteroatoms. The molecule has 0 aliphatic rings. The molecule has 0 unspecified atom stereocenters. The summed E-state index contributed by atoms with van der Waals surface area (Å²) in [6.45, 7) is 2.85. The van der Waals surface area contributed by atoms with Crippen LogP contribution in [-0.4, -0.2) is 16.5 Å². The molecule has 1 aromatic heterocycles. The summed E-state index contributed by atoms with van der Waals surface area (Å²) in [7, 11) is 0. The monoisotopic (exact) mass is 291 g/mol. The second-order valence-electron chi connectivity index (χ2n) is 4.24. The predicted molar refractivity (Wildman–Crippen MR) is 75.8 cm³/mol. The number of ether oxygens (including phenoxy) is 1. The molecule has 0 aliphatic heterocycles. The fourth-order valence-corrected chi connectivity index (χ4v) is 1.72. The Morgan fingerprint density at radius 1 is 1.38 bits per heavy atom. The van der Waals surface area contributed by atoms with Crippen LogP contribution in [0.5, 0.6) is 5.75 Å². The summed E-state index contributed by atoms with van der Waals surface area (Å²) in [4.78, 5) is 14.0. The van der Waals surface area contributed by atoms with E-state index in [4.69, 9.17) is 4.74 Å². The van der Waals surface area contributed by atoms with Crippen molar-refractivity contribution in [3.05, 3.63) is 58.0 Å². The molecule has 1 heterocycles. The van der Waals surface area contributed by atoms with Gasteiger partial charge in [0.2, 0.25) is 0 Å². The van der Waals surface area contributed by atoms with Crippen molar-refractivity contribution in [2.75, 3.05) is 11.9 Å². The van der Waals surface area contributed by atoms with Crippen molar-refractivity contribution in [2.24, 2.45) is 0 Å². The zero-order valence-corrected chi connectivity index (χ0v) is 11.4. The highest BCUT2D eigenvalue weighted by atomic mass is 19.1. The van der Waals surface area contributed by atoms with Crippen LogP contribution in [0.2, 0.25) is 0 Å². The second kappa shape index (κ2) is 6.65. The van der Waals surface area contributed by atoms with Gasteiger partial charge in [-0.3, -0.25) is 10.1 Å². The van der Waals surface area contributed by atoms with Gasteiger partial charge in [-0.1, -0.05) is 0 Å². The van der Waals surface area contributed by atoms with E-state index in [1.807, 2.05) is 6.92 Å². The van der Waals surface area contributed by atoms with Crippen LogP contribution in [0.25, 0.3) is 0 Å². The van der Waals surface area contributed by atoms with E-state index >= 15 is 0 Å². The lowest BCUT2D eigenvalue weighted by atomic mass is 10.2. The number of nitro benzene ring substituents is 1. The van der Waals surface area contributed by atoms with Crippen LogP contribution in [0.15, 0.2) is 36.5 Å². The first kappa shape index (κ1) is 14.7. The first-order valence-electron chi connectivity index (χ1n) is 6.35. The van der Waals surface area contributed by atoms with Gasteiger partial charge in [-0.2, -0.15) is 0 Å². The van der Waals surface area contributed by atoms with Gasteiger partial charge < -0.3 is 10.1 Å². The lowest BCUT2D eigenvalue weighted by Crippen LogP contribution is -2.02. The molecule has 0 spiro atoms. The number of hydrogen-bond acceptors (Lipinski definition) is 5. The Morgan fingerprint density at radius 2 is 2.19 bits per heavy atom. The lowest BCUT2D eigenvalue weighted by Gasteiger charge is -2.08. The normalized spacial score (nSPS) is 10.2. The number of nitrogens with zero attached hydrogens (tertiary/aromatic N) is 2. The maximum atomic E-state index is 13.7. The van der Waals surface area contributed by atoms with Crippen molar-refractivity contribution in [3.63, 3.8) is 0 Å². The molecule has 0 saturated carbocycles. The van der Waals surface area contributed by atoms with Crippen LogP contribution in [0, 0.1) is 15.9 Å². The minimum atomic E-state index is -0.759. The highest BCUT2D eigenvalue weighted by molar-refractivity contribution is 5.39. The maximum absolute atomic E-state index is 13.7. The Morgan fingerprint density at radius 3 is 2.86 bits per heavy atom. The van der Waals surface area contributed by atoms with Gasteiger partial charge >= 0.3 is 0 Å². The van der Waals surface area contributed by atoms with Crippen LogP contribution in [0.4, 0.5) is 15.9 Å². The molecule has 0 fully saturated rings. The average molecular weight is 291 g/mol. The van der Waals surface area contributed by atoms with E-state index in [-0.39, 0.29) is 18.0 Å². The van der Waals surface area contributed by atoms with E-state index < -0.39 is 10.7 Å². The Balaban J connectivity index is 2.06. The van der Waals surface area contributed by atoms with Gasteiger partial charge in [0.05, 0.1) is 11.0 Å². The number of hydrogen-bond donors (Lipinski definition) is 1. The molecule has 6 nitrogen and oxygen atoms in total. The number of anilines is 1. The topological polar surface area (TPSA) is 77.3 Å². The number of nitro groups is 1. The minimum Gasteiger partial charge on any atom is -0.486 e. The lowest BCUT2D eigenvalue weighted by molar-refractivity contribution is -0.385. The van der Waals surface area contributed by atoms with Crippen molar-refractivity contribution in [3.8, 4) is 5.75 Å². The van der Waals surface area contributed by atoms with Crippen molar-refractivity contribution < 1.29 is 14.1 Å². The molecule has 2 aromatic rings. The summed E-state index contributed by atoms with van der Waals surface area (Å²) in [6.07, 6.45) is 1.63. The molecular formula is C14H14FN3O3. The Kier molecular flexibility index (Phi) is 4.65. The van der Waals surface area contributed by atoms with Crippen molar-refractivity contribution in [1.29, 1.82) is 0 Å². The zero-order valence-electron chi connectivity index (χ0n) is 11.4. The molecule has 2 rings (SSSR count). The number of pyridine rings is 1. The molecule has 0 amide bonds. The van der Waals surface area contributed by atoms with Crippen LogP contribution in [0.1, 0.15) is 12.5 Å². The van der Waals surface area contributed by atoms with E-state index in [1.165, 1.54) is 12.1 Å². The smallest absolute Gasteiger partial charge is 0.272 e. The average Bonchev–Trinajstić information content (AvgIpc) is 2.46. The molecule has 1 aromatic carbocycles. The third-order valence-electron chi connectivity index (χ3n) is 2.70. The highest BCUT2D eigenvalue weighted by Gasteiger charge is 2.11. The molecule has 21 heavy (non-hydrogen) atoms. The molecule has 0 atom stereocenters. The Labute approximate surface area is 120 Å². The first-order valence-corrected chi connectivity index (χ1v) is 6.35. The number of aromatic nitrogens is 1. The van der Waals surface area contributed by atoms with E-state index in [2.05, 4.69) is 10.3 Å². The summed E-state index contributed by atoms with van der Waals surface area (Å²) >= 11 is 0. The molecular weight excluding hydrogens is 277 g/mol. The predicted octanol–water partition coefficient (Wildman–Crippen LogP) is 3.14. The summed E-state index contributed by atoms with van der Waals surface area (Å²) < 4.78 is 19.0. The largest absolute Gasteiger partial charge is 0.486 e. The van der Waals surface area contributed by atoms with Gasteiger partial charge in [0.1, 0.15) is 12.4 Å². The first-order chi connectivity index (χ1) is 10.1.